The lowest BCUT2D eigenvalue weighted by molar-refractivity contribution is 0.675. The number of rotatable bonds is 3. The molecule has 0 saturated carbocycles. The summed E-state index contributed by atoms with van der Waals surface area (Å²) in [6, 6.07) is 0. The third-order valence-electron chi connectivity index (χ3n) is 3.47. The van der Waals surface area contributed by atoms with Crippen LogP contribution in [0.5, 0.6) is 0 Å². The fraction of sp³-hybridized carbons (Fsp3) is 0.538. The maximum atomic E-state index is 6.21. The maximum absolute atomic E-state index is 6.21. The first-order valence-corrected chi connectivity index (χ1v) is 6.31. The number of aromatic nitrogens is 4. The van der Waals surface area contributed by atoms with Crippen LogP contribution in [0.15, 0.2) is 0 Å². The Morgan fingerprint density at radius 3 is 2.33 bits per heavy atom. The number of nitrogens with two attached hydrogens (primary N) is 1. The molecule has 0 atom stereocenters. The number of nitrogens with zero attached hydrogens (tertiary/aromatic N) is 4. The highest BCUT2D eigenvalue weighted by atomic mass is 15.4. The van der Waals surface area contributed by atoms with Gasteiger partial charge in [-0.25, -0.2) is 9.36 Å². The first-order valence-electron chi connectivity index (χ1n) is 6.31. The van der Waals surface area contributed by atoms with Gasteiger partial charge in [0.05, 0.1) is 11.4 Å². The van der Waals surface area contributed by atoms with E-state index < -0.39 is 0 Å². The Labute approximate surface area is 108 Å². The average molecular weight is 247 g/mol. The number of hydrogen-bond donors (Lipinski definition) is 1. The molecule has 0 aromatic carbocycles. The van der Waals surface area contributed by atoms with Crippen LogP contribution in [0, 0.1) is 20.8 Å². The van der Waals surface area contributed by atoms with Crippen molar-refractivity contribution in [2.24, 2.45) is 7.05 Å². The molecule has 0 unspecified atom stereocenters. The van der Waals surface area contributed by atoms with Gasteiger partial charge in [-0.05, 0) is 32.8 Å². The van der Waals surface area contributed by atoms with Crippen LogP contribution in [0.2, 0.25) is 0 Å². The van der Waals surface area contributed by atoms with Crippen molar-refractivity contribution in [3.63, 3.8) is 0 Å². The van der Waals surface area contributed by atoms with Gasteiger partial charge >= 0.3 is 0 Å². The Morgan fingerprint density at radius 2 is 1.83 bits per heavy atom. The molecule has 2 heterocycles. The summed E-state index contributed by atoms with van der Waals surface area (Å²) in [6.07, 6.45) is 1.94. The van der Waals surface area contributed by atoms with Gasteiger partial charge in [-0.2, -0.15) is 10.2 Å². The smallest absolute Gasteiger partial charge is 0.175 e. The van der Waals surface area contributed by atoms with Crippen molar-refractivity contribution < 1.29 is 0 Å². The van der Waals surface area contributed by atoms with Crippen molar-refractivity contribution in [3.05, 3.63) is 22.6 Å². The van der Waals surface area contributed by atoms with E-state index in [2.05, 4.69) is 31.0 Å². The molecule has 98 valence electrons. The van der Waals surface area contributed by atoms with E-state index in [0.717, 1.165) is 41.4 Å². The largest absolute Gasteiger partial charge is 0.394 e. The number of hydrogen-bond acceptors (Lipinski definition) is 3. The zero-order valence-electron chi connectivity index (χ0n) is 11.8. The highest BCUT2D eigenvalue weighted by Crippen LogP contribution is 2.24. The van der Waals surface area contributed by atoms with Crippen molar-refractivity contribution >= 4 is 5.69 Å². The van der Waals surface area contributed by atoms with Crippen molar-refractivity contribution in [2.45, 2.75) is 40.5 Å². The van der Waals surface area contributed by atoms with E-state index in [4.69, 9.17) is 5.73 Å². The molecule has 0 spiro atoms. The van der Waals surface area contributed by atoms with Gasteiger partial charge in [0, 0.05) is 12.7 Å². The molecule has 0 amide bonds. The number of aryl methyl sites for hydroxylation is 3. The molecule has 0 radical (unpaired) electrons. The average Bonchev–Trinajstić information content (AvgIpc) is 2.72. The number of anilines is 1. The Balaban J connectivity index is 2.60. The SMILES string of the molecule is CCCc1nn(C)c(-n2nc(C)c(C)c2C)c1N. The van der Waals surface area contributed by atoms with Gasteiger partial charge < -0.3 is 5.73 Å². The number of nitrogen functional groups attached to an aromatic ring is 1. The molecule has 0 fully saturated rings. The second-order valence-electron chi connectivity index (χ2n) is 4.77. The third kappa shape index (κ3) is 1.79. The minimum absolute atomic E-state index is 0.741. The quantitative estimate of drug-likeness (QED) is 0.903. The Bertz CT molecular complexity index is 577. The molecule has 0 saturated heterocycles. The lowest BCUT2D eigenvalue weighted by atomic mass is 10.2. The molecule has 2 aromatic heterocycles. The molecule has 2 rings (SSSR count). The van der Waals surface area contributed by atoms with E-state index in [1.807, 2.05) is 23.3 Å². The lowest BCUT2D eigenvalue weighted by Gasteiger charge is -2.06. The topological polar surface area (TPSA) is 61.7 Å². The summed E-state index contributed by atoms with van der Waals surface area (Å²) in [5, 5.41) is 9.04. The van der Waals surface area contributed by atoms with Gasteiger partial charge in [-0.15, -0.1) is 0 Å². The first kappa shape index (κ1) is 12.7. The second kappa shape index (κ2) is 4.48. The van der Waals surface area contributed by atoms with E-state index in [9.17, 15) is 0 Å². The zero-order valence-corrected chi connectivity index (χ0v) is 11.8. The van der Waals surface area contributed by atoms with Crippen LogP contribution in [0.4, 0.5) is 5.69 Å². The standard InChI is InChI=1S/C13H21N5/c1-6-7-11-12(14)13(17(5)16-11)18-10(4)8(2)9(3)15-18/h6-7,14H2,1-5H3. The van der Waals surface area contributed by atoms with Gasteiger partial charge in [-0.1, -0.05) is 13.3 Å². The van der Waals surface area contributed by atoms with Crippen LogP contribution >= 0.6 is 0 Å². The van der Waals surface area contributed by atoms with Gasteiger partial charge in [0.2, 0.25) is 0 Å². The lowest BCUT2D eigenvalue weighted by Crippen LogP contribution is -2.08. The highest BCUT2D eigenvalue weighted by Gasteiger charge is 2.18. The summed E-state index contributed by atoms with van der Waals surface area (Å²) in [5.74, 6) is 0.868. The van der Waals surface area contributed by atoms with E-state index >= 15 is 0 Å². The first-order chi connectivity index (χ1) is 8.47. The van der Waals surface area contributed by atoms with Crippen LogP contribution in [0.3, 0.4) is 0 Å². The Kier molecular flexibility index (Phi) is 3.15. The fourth-order valence-corrected chi connectivity index (χ4v) is 2.19. The Morgan fingerprint density at radius 1 is 1.17 bits per heavy atom. The summed E-state index contributed by atoms with van der Waals surface area (Å²) in [4.78, 5) is 0. The fourth-order valence-electron chi connectivity index (χ4n) is 2.19. The van der Waals surface area contributed by atoms with Crippen LogP contribution in [-0.4, -0.2) is 19.6 Å². The highest BCUT2D eigenvalue weighted by molar-refractivity contribution is 5.58. The predicted molar refractivity (Wildman–Crippen MR) is 72.9 cm³/mol. The molecular formula is C13H21N5. The zero-order chi connectivity index (χ0) is 13.4. The molecule has 0 aliphatic heterocycles. The van der Waals surface area contributed by atoms with E-state index in [1.165, 1.54) is 5.56 Å². The third-order valence-corrected chi connectivity index (χ3v) is 3.47. The van der Waals surface area contributed by atoms with Crippen LogP contribution in [0.1, 0.15) is 36.0 Å². The molecule has 5 nitrogen and oxygen atoms in total. The Hall–Kier alpha value is -1.78. The van der Waals surface area contributed by atoms with Crippen LogP contribution < -0.4 is 5.73 Å². The van der Waals surface area contributed by atoms with Crippen molar-refractivity contribution in [1.29, 1.82) is 0 Å². The summed E-state index contributed by atoms with van der Waals surface area (Å²) < 4.78 is 3.71. The normalized spacial score (nSPS) is 11.2. The maximum Gasteiger partial charge on any atom is 0.175 e. The summed E-state index contributed by atoms with van der Waals surface area (Å²) in [5.41, 5.74) is 11.3. The van der Waals surface area contributed by atoms with Crippen LogP contribution in [0.25, 0.3) is 5.82 Å². The van der Waals surface area contributed by atoms with Gasteiger partial charge in [0.25, 0.3) is 0 Å². The molecule has 2 aromatic rings. The summed E-state index contributed by atoms with van der Waals surface area (Å²) in [7, 11) is 1.91. The second-order valence-corrected chi connectivity index (χ2v) is 4.77. The molecule has 18 heavy (non-hydrogen) atoms. The monoisotopic (exact) mass is 247 g/mol. The molecule has 0 bridgehead atoms. The van der Waals surface area contributed by atoms with Gasteiger partial charge in [-0.3, -0.25) is 0 Å². The van der Waals surface area contributed by atoms with E-state index in [1.54, 1.807) is 0 Å². The van der Waals surface area contributed by atoms with Crippen molar-refractivity contribution in [1.82, 2.24) is 19.6 Å². The van der Waals surface area contributed by atoms with Crippen molar-refractivity contribution in [3.8, 4) is 5.82 Å². The predicted octanol–water partition coefficient (Wildman–Crippen LogP) is 2.07. The molecule has 2 N–H and O–H groups in total. The molecule has 5 heteroatoms. The summed E-state index contributed by atoms with van der Waals surface area (Å²) in [6.45, 7) is 8.27. The van der Waals surface area contributed by atoms with Gasteiger partial charge in [0.1, 0.15) is 5.69 Å². The molecule has 0 aliphatic rings. The summed E-state index contributed by atoms with van der Waals surface area (Å²) >= 11 is 0. The minimum Gasteiger partial charge on any atom is -0.394 e. The van der Waals surface area contributed by atoms with Crippen LogP contribution in [-0.2, 0) is 13.5 Å². The molecule has 0 aliphatic carbocycles. The molecular weight excluding hydrogens is 226 g/mol. The van der Waals surface area contributed by atoms with Crippen molar-refractivity contribution in [2.75, 3.05) is 5.73 Å². The minimum atomic E-state index is 0.741. The van der Waals surface area contributed by atoms with E-state index in [0.29, 0.717) is 0 Å². The van der Waals surface area contributed by atoms with Gasteiger partial charge in [0.15, 0.2) is 5.82 Å². The van der Waals surface area contributed by atoms with E-state index in [-0.39, 0.29) is 0 Å².